The predicted molar refractivity (Wildman–Crippen MR) is 75.3 cm³/mol. The maximum atomic E-state index is 12.4. The number of hydrogen-bond donors (Lipinski definition) is 0. The Kier molecular flexibility index (Phi) is 5.04. The quantitative estimate of drug-likeness (QED) is 0.735. The Bertz CT molecular complexity index is 565. The summed E-state index contributed by atoms with van der Waals surface area (Å²) >= 11 is 0. The fraction of sp³-hybridized carbons (Fsp3) is 0.538. The highest BCUT2D eigenvalue weighted by atomic mass is 16.5. The number of carbonyl (C=O) groups excluding carboxylic acids is 1. The molecule has 2 aromatic heterocycles. The molecule has 0 spiro atoms. The number of rotatable bonds is 7. The van der Waals surface area contributed by atoms with Crippen LogP contribution in [0.1, 0.15) is 18.8 Å². The van der Waals surface area contributed by atoms with Gasteiger partial charge in [0, 0.05) is 33.1 Å². The summed E-state index contributed by atoms with van der Waals surface area (Å²) in [6, 6.07) is -0.298. The van der Waals surface area contributed by atoms with Gasteiger partial charge in [0.2, 0.25) is 5.91 Å². The lowest BCUT2D eigenvalue weighted by atomic mass is 10.3. The number of ether oxygens (including phenoxy) is 1. The molecule has 2 aromatic rings. The zero-order valence-corrected chi connectivity index (χ0v) is 12.5. The highest BCUT2D eigenvalue weighted by Crippen LogP contribution is 2.10. The maximum absolute atomic E-state index is 12.4. The molecular formula is C13H20N6O2. The van der Waals surface area contributed by atoms with Gasteiger partial charge in [0.15, 0.2) is 5.82 Å². The smallest absolute Gasteiger partial charge is 0.245 e. The molecule has 0 aliphatic heterocycles. The first-order valence-corrected chi connectivity index (χ1v) is 6.71. The summed E-state index contributed by atoms with van der Waals surface area (Å²) in [4.78, 5) is 18.0. The SMILES string of the molecule is COCCn1cnnc1CN(C)C(=O)[C@H](C)n1ccnc1. The van der Waals surface area contributed by atoms with Gasteiger partial charge in [0.05, 0.1) is 19.5 Å². The summed E-state index contributed by atoms with van der Waals surface area (Å²) in [7, 11) is 3.40. The van der Waals surface area contributed by atoms with Crippen LogP contribution >= 0.6 is 0 Å². The average molecular weight is 292 g/mol. The second-order valence-electron chi connectivity index (χ2n) is 4.81. The van der Waals surface area contributed by atoms with Crippen molar-refractivity contribution in [2.24, 2.45) is 0 Å². The highest BCUT2D eigenvalue weighted by Gasteiger charge is 2.20. The van der Waals surface area contributed by atoms with Crippen LogP contribution in [-0.4, -0.2) is 55.9 Å². The van der Waals surface area contributed by atoms with Gasteiger partial charge in [0.25, 0.3) is 0 Å². The van der Waals surface area contributed by atoms with Crippen molar-refractivity contribution < 1.29 is 9.53 Å². The number of imidazole rings is 1. The molecular weight excluding hydrogens is 272 g/mol. The van der Waals surface area contributed by atoms with Gasteiger partial charge in [-0.05, 0) is 6.92 Å². The van der Waals surface area contributed by atoms with Crippen LogP contribution < -0.4 is 0 Å². The van der Waals surface area contributed by atoms with Gasteiger partial charge in [-0.1, -0.05) is 0 Å². The number of methoxy groups -OCH3 is 1. The van der Waals surface area contributed by atoms with Crippen LogP contribution in [-0.2, 0) is 22.6 Å². The number of nitrogens with zero attached hydrogens (tertiary/aromatic N) is 6. The molecule has 0 aromatic carbocycles. The first-order chi connectivity index (χ1) is 10.1. The van der Waals surface area contributed by atoms with Crippen molar-refractivity contribution in [2.45, 2.75) is 26.1 Å². The molecule has 2 rings (SSSR count). The Balaban J connectivity index is 1.99. The molecule has 0 aliphatic rings. The van der Waals surface area contributed by atoms with E-state index in [9.17, 15) is 4.79 Å². The lowest BCUT2D eigenvalue weighted by molar-refractivity contribution is -0.133. The van der Waals surface area contributed by atoms with Crippen molar-refractivity contribution in [1.82, 2.24) is 29.2 Å². The third-order valence-electron chi connectivity index (χ3n) is 3.32. The summed E-state index contributed by atoms with van der Waals surface area (Å²) in [5.74, 6) is 0.732. The van der Waals surface area contributed by atoms with E-state index < -0.39 is 0 Å². The van der Waals surface area contributed by atoms with Crippen LogP contribution in [0.15, 0.2) is 25.0 Å². The highest BCUT2D eigenvalue weighted by molar-refractivity contribution is 5.79. The standard InChI is InChI=1S/C13H20N6O2/c1-11(18-5-4-14-9-18)13(20)17(2)8-12-16-15-10-19(12)6-7-21-3/h4-5,9-11H,6-8H2,1-3H3/t11-/m0/s1. The molecule has 0 saturated heterocycles. The van der Waals surface area contributed by atoms with Crippen LogP contribution in [0.2, 0.25) is 0 Å². The molecule has 0 bridgehead atoms. The number of carbonyl (C=O) groups is 1. The molecule has 0 aliphatic carbocycles. The summed E-state index contributed by atoms with van der Waals surface area (Å²) in [5.41, 5.74) is 0. The third-order valence-corrected chi connectivity index (χ3v) is 3.32. The van der Waals surface area contributed by atoms with Crippen LogP contribution in [0.25, 0.3) is 0 Å². The normalized spacial score (nSPS) is 12.3. The zero-order chi connectivity index (χ0) is 15.2. The van der Waals surface area contributed by atoms with E-state index in [1.165, 1.54) is 0 Å². The number of likely N-dealkylation sites (N-methyl/N-ethyl adjacent to an activating group) is 1. The summed E-state index contributed by atoms with van der Waals surface area (Å²) in [6.07, 6.45) is 6.71. The van der Waals surface area contributed by atoms with E-state index in [1.807, 2.05) is 11.5 Å². The molecule has 1 amide bonds. The lowest BCUT2D eigenvalue weighted by Gasteiger charge is -2.21. The largest absolute Gasteiger partial charge is 0.383 e. The van der Waals surface area contributed by atoms with Gasteiger partial charge in [-0.3, -0.25) is 4.79 Å². The number of amides is 1. The third kappa shape index (κ3) is 3.66. The van der Waals surface area contributed by atoms with E-state index in [2.05, 4.69) is 15.2 Å². The monoisotopic (exact) mass is 292 g/mol. The van der Waals surface area contributed by atoms with Crippen molar-refractivity contribution in [3.8, 4) is 0 Å². The zero-order valence-electron chi connectivity index (χ0n) is 12.5. The predicted octanol–water partition coefficient (Wildman–Crippen LogP) is 0.341. The number of hydrogen-bond acceptors (Lipinski definition) is 5. The Labute approximate surface area is 123 Å². The van der Waals surface area contributed by atoms with Crippen molar-refractivity contribution in [3.05, 3.63) is 30.9 Å². The van der Waals surface area contributed by atoms with E-state index >= 15 is 0 Å². The minimum atomic E-state index is -0.298. The second-order valence-corrected chi connectivity index (χ2v) is 4.81. The lowest BCUT2D eigenvalue weighted by Crippen LogP contribution is -2.33. The van der Waals surface area contributed by atoms with E-state index in [0.717, 1.165) is 5.82 Å². The number of aromatic nitrogens is 5. The molecule has 114 valence electrons. The minimum Gasteiger partial charge on any atom is -0.383 e. The molecule has 21 heavy (non-hydrogen) atoms. The Morgan fingerprint density at radius 1 is 1.48 bits per heavy atom. The molecule has 8 nitrogen and oxygen atoms in total. The molecule has 2 heterocycles. The topological polar surface area (TPSA) is 78.1 Å². The Hall–Kier alpha value is -2.22. The van der Waals surface area contributed by atoms with Crippen molar-refractivity contribution in [3.63, 3.8) is 0 Å². The first kappa shape index (κ1) is 15.2. The van der Waals surface area contributed by atoms with E-state index in [0.29, 0.717) is 19.7 Å². The summed E-state index contributed by atoms with van der Waals surface area (Å²) < 4.78 is 8.70. The van der Waals surface area contributed by atoms with Crippen molar-refractivity contribution >= 4 is 5.91 Å². The Morgan fingerprint density at radius 3 is 2.95 bits per heavy atom. The molecule has 0 saturated carbocycles. The van der Waals surface area contributed by atoms with Gasteiger partial charge < -0.3 is 18.8 Å². The summed E-state index contributed by atoms with van der Waals surface area (Å²) in [6.45, 7) is 3.49. The fourth-order valence-corrected chi connectivity index (χ4v) is 2.01. The van der Waals surface area contributed by atoms with Gasteiger partial charge in [0.1, 0.15) is 12.4 Å². The van der Waals surface area contributed by atoms with E-state index in [1.54, 1.807) is 48.7 Å². The average Bonchev–Trinajstić information content (AvgIpc) is 3.15. The van der Waals surface area contributed by atoms with Crippen LogP contribution in [0.5, 0.6) is 0 Å². The minimum absolute atomic E-state index is 0.00529. The molecule has 0 unspecified atom stereocenters. The summed E-state index contributed by atoms with van der Waals surface area (Å²) in [5, 5.41) is 7.94. The van der Waals surface area contributed by atoms with Crippen LogP contribution in [0, 0.1) is 0 Å². The van der Waals surface area contributed by atoms with Crippen LogP contribution in [0.4, 0.5) is 0 Å². The molecule has 0 fully saturated rings. The maximum Gasteiger partial charge on any atom is 0.245 e. The van der Waals surface area contributed by atoms with E-state index in [4.69, 9.17) is 4.74 Å². The second kappa shape index (κ2) is 6.98. The molecule has 0 N–H and O–H groups in total. The van der Waals surface area contributed by atoms with Gasteiger partial charge in [-0.25, -0.2) is 4.98 Å². The van der Waals surface area contributed by atoms with E-state index in [-0.39, 0.29) is 11.9 Å². The van der Waals surface area contributed by atoms with Gasteiger partial charge in [-0.15, -0.1) is 10.2 Å². The fourth-order valence-electron chi connectivity index (χ4n) is 2.01. The molecule has 1 atom stereocenters. The molecule has 8 heteroatoms. The van der Waals surface area contributed by atoms with Crippen molar-refractivity contribution in [1.29, 1.82) is 0 Å². The van der Waals surface area contributed by atoms with Crippen LogP contribution in [0.3, 0.4) is 0 Å². The first-order valence-electron chi connectivity index (χ1n) is 6.71. The molecule has 0 radical (unpaired) electrons. The Morgan fingerprint density at radius 2 is 2.29 bits per heavy atom. The van der Waals surface area contributed by atoms with Gasteiger partial charge >= 0.3 is 0 Å². The van der Waals surface area contributed by atoms with Gasteiger partial charge in [-0.2, -0.15) is 0 Å². The van der Waals surface area contributed by atoms with Crippen molar-refractivity contribution in [2.75, 3.05) is 20.8 Å².